The predicted molar refractivity (Wildman–Crippen MR) is 48.6 cm³/mol. The van der Waals surface area contributed by atoms with Crippen molar-refractivity contribution in [2.24, 2.45) is 0 Å². The highest BCUT2D eigenvalue weighted by atomic mass is 16.1. The fraction of sp³-hybridized carbons (Fsp3) is 0.700. The lowest BCUT2D eigenvalue weighted by molar-refractivity contribution is -0.107. The molecule has 1 heteroatoms. The molecule has 0 amide bonds. The molecule has 0 aliphatic heterocycles. The van der Waals surface area contributed by atoms with Gasteiger partial charge in [-0.05, 0) is 19.8 Å². The molecule has 0 radical (unpaired) electrons. The molecular weight excluding hydrogens is 136 g/mol. The van der Waals surface area contributed by atoms with Gasteiger partial charge in [-0.15, -0.1) is 0 Å². The number of carbonyl (C=O) groups excluding carboxylic acids is 1. The topological polar surface area (TPSA) is 17.1 Å². The Balaban J connectivity index is 3.37. The standard InChI is InChI=1S/C10H18O/c1-3-4-5-7-10(2)8-6-9-11/h7,9H,3-6,8H2,1-2H3/b10-7+. The third kappa shape index (κ3) is 7.31. The van der Waals surface area contributed by atoms with Crippen LogP contribution in [0.2, 0.25) is 0 Å². The Labute approximate surface area is 69.5 Å². The quantitative estimate of drug-likeness (QED) is 0.326. The molecule has 0 aromatic rings. The van der Waals surface area contributed by atoms with Crippen molar-refractivity contribution in [2.45, 2.75) is 46.0 Å². The van der Waals surface area contributed by atoms with Crippen LogP contribution in [0.15, 0.2) is 11.6 Å². The molecule has 0 spiro atoms. The van der Waals surface area contributed by atoms with Gasteiger partial charge < -0.3 is 4.79 Å². The van der Waals surface area contributed by atoms with Crippen LogP contribution < -0.4 is 0 Å². The van der Waals surface area contributed by atoms with Crippen molar-refractivity contribution in [1.82, 2.24) is 0 Å². The summed E-state index contributed by atoms with van der Waals surface area (Å²) in [5.41, 5.74) is 1.35. The Morgan fingerprint density at radius 1 is 1.36 bits per heavy atom. The summed E-state index contributed by atoms with van der Waals surface area (Å²) in [5, 5.41) is 0. The minimum Gasteiger partial charge on any atom is -0.303 e. The molecule has 0 aromatic heterocycles. The molecule has 0 aromatic carbocycles. The van der Waals surface area contributed by atoms with Crippen molar-refractivity contribution in [3.63, 3.8) is 0 Å². The van der Waals surface area contributed by atoms with E-state index in [2.05, 4.69) is 19.9 Å². The van der Waals surface area contributed by atoms with E-state index in [4.69, 9.17) is 0 Å². The number of hydrogen-bond donors (Lipinski definition) is 0. The first kappa shape index (κ1) is 10.4. The second kappa shape index (κ2) is 7.52. The molecule has 0 saturated carbocycles. The SMILES string of the molecule is CCCC/C=C(\C)CCC=O. The first-order valence-electron chi connectivity index (χ1n) is 4.40. The molecule has 11 heavy (non-hydrogen) atoms. The van der Waals surface area contributed by atoms with Gasteiger partial charge in [-0.2, -0.15) is 0 Å². The molecule has 0 N–H and O–H groups in total. The zero-order valence-electron chi connectivity index (χ0n) is 7.60. The fourth-order valence-electron chi connectivity index (χ4n) is 0.941. The van der Waals surface area contributed by atoms with Crippen LogP contribution >= 0.6 is 0 Å². The van der Waals surface area contributed by atoms with Crippen LogP contribution in [0.3, 0.4) is 0 Å². The van der Waals surface area contributed by atoms with Gasteiger partial charge in [0.15, 0.2) is 0 Å². The summed E-state index contributed by atoms with van der Waals surface area (Å²) in [6.45, 7) is 4.29. The van der Waals surface area contributed by atoms with Crippen molar-refractivity contribution in [3.05, 3.63) is 11.6 Å². The molecule has 0 bridgehead atoms. The lowest BCUT2D eigenvalue weighted by Crippen LogP contribution is -1.79. The zero-order chi connectivity index (χ0) is 8.53. The first-order chi connectivity index (χ1) is 5.31. The predicted octanol–water partition coefficient (Wildman–Crippen LogP) is 3.10. The van der Waals surface area contributed by atoms with E-state index >= 15 is 0 Å². The van der Waals surface area contributed by atoms with E-state index in [0.29, 0.717) is 6.42 Å². The van der Waals surface area contributed by atoms with E-state index in [9.17, 15) is 4.79 Å². The van der Waals surface area contributed by atoms with E-state index < -0.39 is 0 Å². The minimum absolute atomic E-state index is 0.675. The van der Waals surface area contributed by atoms with Gasteiger partial charge in [-0.1, -0.05) is 31.4 Å². The van der Waals surface area contributed by atoms with Crippen LogP contribution in [-0.2, 0) is 4.79 Å². The smallest absolute Gasteiger partial charge is 0.120 e. The lowest BCUT2D eigenvalue weighted by atomic mass is 10.1. The van der Waals surface area contributed by atoms with Crippen molar-refractivity contribution in [3.8, 4) is 0 Å². The van der Waals surface area contributed by atoms with Crippen molar-refractivity contribution in [2.75, 3.05) is 0 Å². The zero-order valence-corrected chi connectivity index (χ0v) is 7.60. The van der Waals surface area contributed by atoms with Gasteiger partial charge in [0, 0.05) is 6.42 Å². The maximum atomic E-state index is 10.0. The van der Waals surface area contributed by atoms with Gasteiger partial charge in [0.2, 0.25) is 0 Å². The van der Waals surface area contributed by atoms with Gasteiger partial charge in [-0.25, -0.2) is 0 Å². The second-order valence-corrected chi connectivity index (χ2v) is 2.90. The monoisotopic (exact) mass is 154 g/mol. The summed E-state index contributed by atoms with van der Waals surface area (Å²) in [6.07, 6.45) is 8.52. The van der Waals surface area contributed by atoms with Crippen molar-refractivity contribution in [1.29, 1.82) is 0 Å². The Kier molecular flexibility index (Phi) is 7.11. The number of aldehydes is 1. The molecule has 0 heterocycles. The van der Waals surface area contributed by atoms with E-state index in [0.717, 1.165) is 12.7 Å². The summed E-state index contributed by atoms with van der Waals surface area (Å²) in [4.78, 5) is 10.0. The average Bonchev–Trinajstić information content (AvgIpc) is 2.01. The number of hydrogen-bond acceptors (Lipinski definition) is 1. The van der Waals surface area contributed by atoms with Gasteiger partial charge in [0.25, 0.3) is 0 Å². The molecule has 0 rings (SSSR count). The van der Waals surface area contributed by atoms with E-state index in [1.165, 1.54) is 24.8 Å². The third-order valence-electron chi connectivity index (χ3n) is 1.71. The number of unbranched alkanes of at least 4 members (excludes halogenated alkanes) is 2. The van der Waals surface area contributed by atoms with Gasteiger partial charge in [0.05, 0.1) is 0 Å². The Bertz CT molecular complexity index is 125. The Morgan fingerprint density at radius 3 is 2.64 bits per heavy atom. The second-order valence-electron chi connectivity index (χ2n) is 2.90. The molecular formula is C10H18O. The normalized spacial score (nSPS) is 11.6. The van der Waals surface area contributed by atoms with Crippen molar-refractivity contribution < 1.29 is 4.79 Å². The van der Waals surface area contributed by atoms with Crippen LogP contribution in [0.5, 0.6) is 0 Å². The highest BCUT2D eigenvalue weighted by molar-refractivity contribution is 5.49. The lowest BCUT2D eigenvalue weighted by Gasteiger charge is -1.96. The van der Waals surface area contributed by atoms with E-state index in [1.807, 2.05) is 0 Å². The largest absolute Gasteiger partial charge is 0.303 e. The van der Waals surface area contributed by atoms with Crippen LogP contribution in [0, 0.1) is 0 Å². The molecule has 1 nitrogen and oxygen atoms in total. The average molecular weight is 154 g/mol. The highest BCUT2D eigenvalue weighted by Gasteiger charge is 1.88. The Hall–Kier alpha value is -0.590. The number of rotatable bonds is 6. The molecule has 64 valence electrons. The van der Waals surface area contributed by atoms with Gasteiger partial charge in [0.1, 0.15) is 6.29 Å². The molecule has 0 fully saturated rings. The van der Waals surface area contributed by atoms with Gasteiger partial charge >= 0.3 is 0 Å². The molecule has 0 saturated heterocycles. The summed E-state index contributed by atoms with van der Waals surface area (Å²) in [7, 11) is 0. The maximum absolute atomic E-state index is 10.0. The van der Waals surface area contributed by atoms with E-state index in [-0.39, 0.29) is 0 Å². The third-order valence-corrected chi connectivity index (χ3v) is 1.71. The summed E-state index contributed by atoms with van der Waals surface area (Å²) in [5.74, 6) is 0. The molecule has 0 atom stereocenters. The first-order valence-corrected chi connectivity index (χ1v) is 4.40. The van der Waals surface area contributed by atoms with E-state index in [1.54, 1.807) is 0 Å². The van der Waals surface area contributed by atoms with Crippen LogP contribution in [0.25, 0.3) is 0 Å². The number of allylic oxidation sites excluding steroid dienone is 2. The highest BCUT2D eigenvalue weighted by Crippen LogP contribution is 2.05. The summed E-state index contributed by atoms with van der Waals surface area (Å²) in [6, 6.07) is 0. The fourth-order valence-corrected chi connectivity index (χ4v) is 0.941. The number of carbonyl (C=O) groups is 1. The minimum atomic E-state index is 0.675. The summed E-state index contributed by atoms with van der Waals surface area (Å²) < 4.78 is 0. The maximum Gasteiger partial charge on any atom is 0.120 e. The molecule has 0 aliphatic rings. The van der Waals surface area contributed by atoms with Crippen LogP contribution in [-0.4, -0.2) is 6.29 Å². The molecule has 0 unspecified atom stereocenters. The Morgan fingerprint density at radius 2 is 2.09 bits per heavy atom. The summed E-state index contributed by atoms with van der Waals surface area (Å²) >= 11 is 0. The van der Waals surface area contributed by atoms with Crippen molar-refractivity contribution >= 4 is 6.29 Å². The van der Waals surface area contributed by atoms with Crippen LogP contribution in [0.1, 0.15) is 46.0 Å². The molecule has 0 aliphatic carbocycles. The van der Waals surface area contributed by atoms with Crippen LogP contribution in [0.4, 0.5) is 0 Å². The van der Waals surface area contributed by atoms with Gasteiger partial charge in [-0.3, -0.25) is 0 Å².